The minimum Gasteiger partial charge on any atom is -0.366 e. The van der Waals surface area contributed by atoms with Crippen LogP contribution >= 0.6 is 0 Å². The Bertz CT molecular complexity index is 1290. The molecule has 1 aliphatic rings. The summed E-state index contributed by atoms with van der Waals surface area (Å²) in [5.41, 5.74) is 5.22. The number of piperazine rings is 1. The number of pyridine rings is 2. The van der Waals surface area contributed by atoms with E-state index in [1.54, 1.807) is 16.8 Å². The lowest BCUT2D eigenvalue weighted by atomic mass is 10.1. The molecule has 5 rings (SSSR count). The fourth-order valence-corrected chi connectivity index (χ4v) is 4.38. The predicted molar refractivity (Wildman–Crippen MR) is 128 cm³/mol. The summed E-state index contributed by atoms with van der Waals surface area (Å²) in [6.07, 6.45) is 3.16. The second-order valence-electron chi connectivity index (χ2n) is 8.53. The number of nitrogens with zero attached hydrogens (tertiary/aromatic N) is 5. The van der Waals surface area contributed by atoms with Crippen LogP contribution in [0.4, 0.5) is 17.1 Å². The summed E-state index contributed by atoms with van der Waals surface area (Å²) in [5.74, 6) is 0. The first-order valence-corrected chi connectivity index (χ1v) is 10.9. The van der Waals surface area contributed by atoms with Crippen LogP contribution in [0.15, 0.2) is 65.8 Å². The molecule has 0 amide bonds. The summed E-state index contributed by atoms with van der Waals surface area (Å²) >= 11 is 0. The predicted octanol–water partition coefficient (Wildman–Crippen LogP) is 3.36. The molecule has 8 heteroatoms. The number of nitrogens with one attached hydrogen (secondary N) is 2. The van der Waals surface area contributed by atoms with Gasteiger partial charge in [0.25, 0.3) is 0 Å². The van der Waals surface area contributed by atoms with Gasteiger partial charge < -0.3 is 15.2 Å². The van der Waals surface area contributed by atoms with Crippen LogP contribution in [0, 0.1) is 0 Å². The average Bonchev–Trinajstić information content (AvgIpc) is 3.28. The minimum atomic E-state index is -0.151. The van der Waals surface area contributed by atoms with Crippen LogP contribution in [0.2, 0.25) is 0 Å². The summed E-state index contributed by atoms with van der Waals surface area (Å²) in [7, 11) is 2.19. The van der Waals surface area contributed by atoms with E-state index in [2.05, 4.69) is 75.3 Å². The van der Waals surface area contributed by atoms with Crippen molar-refractivity contribution < 1.29 is 0 Å². The molecule has 1 aliphatic heterocycles. The first-order valence-electron chi connectivity index (χ1n) is 10.9. The molecule has 0 bridgehead atoms. The van der Waals surface area contributed by atoms with Crippen molar-refractivity contribution in [2.24, 2.45) is 0 Å². The largest absolute Gasteiger partial charge is 0.366 e. The summed E-state index contributed by atoms with van der Waals surface area (Å²) in [6, 6.07) is 16.9. The molecule has 1 fully saturated rings. The SMILES string of the molecule is C[C@@H]1CN(c2ccc(Nc3ccc(-c4cc[nH]c(=O)c4)n4ncnc34)cc2)[C@@H](C)CN1C. The molecule has 0 spiro atoms. The first kappa shape index (κ1) is 20.3. The third-order valence-corrected chi connectivity index (χ3v) is 6.27. The maximum Gasteiger partial charge on any atom is 0.248 e. The van der Waals surface area contributed by atoms with Crippen molar-refractivity contribution >= 4 is 22.7 Å². The molecule has 4 heterocycles. The van der Waals surface area contributed by atoms with Crippen LogP contribution in [0.1, 0.15) is 13.8 Å². The van der Waals surface area contributed by atoms with E-state index in [4.69, 9.17) is 0 Å². The third kappa shape index (κ3) is 3.73. The molecular formula is C24H27N7O. The van der Waals surface area contributed by atoms with Crippen LogP contribution in [0.5, 0.6) is 0 Å². The molecule has 2 atom stereocenters. The Labute approximate surface area is 186 Å². The van der Waals surface area contributed by atoms with E-state index in [1.807, 2.05) is 18.2 Å². The smallest absolute Gasteiger partial charge is 0.248 e. The van der Waals surface area contributed by atoms with Crippen LogP contribution in [0.25, 0.3) is 16.9 Å². The van der Waals surface area contributed by atoms with Gasteiger partial charge in [-0.3, -0.25) is 9.69 Å². The van der Waals surface area contributed by atoms with E-state index < -0.39 is 0 Å². The molecular weight excluding hydrogens is 402 g/mol. The van der Waals surface area contributed by atoms with Crippen molar-refractivity contribution in [2.45, 2.75) is 25.9 Å². The zero-order valence-corrected chi connectivity index (χ0v) is 18.5. The number of hydrogen-bond acceptors (Lipinski definition) is 6. The molecule has 0 saturated carbocycles. The highest BCUT2D eigenvalue weighted by atomic mass is 16.1. The number of anilines is 3. The Morgan fingerprint density at radius 2 is 1.84 bits per heavy atom. The van der Waals surface area contributed by atoms with E-state index in [0.29, 0.717) is 17.7 Å². The Kier molecular flexibility index (Phi) is 5.14. The minimum absolute atomic E-state index is 0.151. The van der Waals surface area contributed by atoms with Gasteiger partial charge in [-0.05, 0) is 63.4 Å². The Balaban J connectivity index is 1.40. The van der Waals surface area contributed by atoms with Gasteiger partial charge >= 0.3 is 0 Å². The quantitative estimate of drug-likeness (QED) is 0.518. The molecule has 32 heavy (non-hydrogen) atoms. The highest BCUT2D eigenvalue weighted by Crippen LogP contribution is 2.28. The third-order valence-electron chi connectivity index (χ3n) is 6.27. The lowest BCUT2D eigenvalue weighted by Gasteiger charge is -2.43. The second-order valence-corrected chi connectivity index (χ2v) is 8.53. The van der Waals surface area contributed by atoms with Gasteiger partial charge in [-0.25, -0.2) is 9.50 Å². The molecule has 0 unspecified atom stereocenters. The van der Waals surface area contributed by atoms with Gasteiger partial charge in [0.1, 0.15) is 6.33 Å². The zero-order valence-electron chi connectivity index (χ0n) is 18.5. The van der Waals surface area contributed by atoms with Crippen molar-refractivity contribution in [1.29, 1.82) is 0 Å². The van der Waals surface area contributed by atoms with Crippen LogP contribution in [0.3, 0.4) is 0 Å². The number of hydrogen-bond donors (Lipinski definition) is 2. The van der Waals surface area contributed by atoms with Crippen LogP contribution < -0.4 is 15.8 Å². The van der Waals surface area contributed by atoms with Crippen LogP contribution in [-0.4, -0.2) is 56.7 Å². The molecule has 2 N–H and O–H groups in total. The van der Waals surface area contributed by atoms with E-state index in [1.165, 1.54) is 12.0 Å². The second kappa shape index (κ2) is 8.12. The summed E-state index contributed by atoms with van der Waals surface area (Å²) in [6.45, 7) is 6.63. The monoisotopic (exact) mass is 429 g/mol. The van der Waals surface area contributed by atoms with E-state index in [9.17, 15) is 4.79 Å². The number of aromatic amines is 1. The maximum atomic E-state index is 11.7. The Hall–Kier alpha value is -3.65. The molecule has 4 aromatic rings. The number of fused-ring (bicyclic) bond motifs is 1. The summed E-state index contributed by atoms with van der Waals surface area (Å²) in [5, 5.41) is 7.83. The van der Waals surface area contributed by atoms with Crippen molar-refractivity contribution in [3.63, 3.8) is 0 Å². The molecule has 1 saturated heterocycles. The van der Waals surface area contributed by atoms with Gasteiger partial charge in [0, 0.05) is 54.4 Å². The van der Waals surface area contributed by atoms with Gasteiger partial charge in [0.05, 0.1) is 11.4 Å². The topological polar surface area (TPSA) is 81.6 Å². The number of aromatic nitrogens is 4. The Morgan fingerprint density at radius 3 is 2.62 bits per heavy atom. The molecule has 3 aromatic heterocycles. The maximum absolute atomic E-state index is 11.7. The number of likely N-dealkylation sites (N-methyl/N-ethyl adjacent to an activating group) is 1. The fraction of sp³-hybridized carbons (Fsp3) is 0.292. The molecule has 0 radical (unpaired) electrons. The van der Waals surface area contributed by atoms with Gasteiger partial charge in [-0.2, -0.15) is 5.10 Å². The molecule has 0 aliphatic carbocycles. The highest BCUT2D eigenvalue weighted by Gasteiger charge is 2.26. The fourth-order valence-electron chi connectivity index (χ4n) is 4.38. The van der Waals surface area contributed by atoms with Crippen molar-refractivity contribution in [1.82, 2.24) is 24.5 Å². The number of rotatable bonds is 4. The average molecular weight is 430 g/mol. The van der Waals surface area contributed by atoms with E-state index in [0.717, 1.165) is 35.7 Å². The van der Waals surface area contributed by atoms with Crippen molar-refractivity contribution in [3.8, 4) is 11.3 Å². The van der Waals surface area contributed by atoms with Gasteiger partial charge in [0.2, 0.25) is 5.56 Å². The molecule has 8 nitrogen and oxygen atoms in total. The summed E-state index contributed by atoms with van der Waals surface area (Å²) < 4.78 is 1.75. The standard InChI is InChI=1S/C24H27N7O/c1-16-14-30(17(2)13-29(16)3)20-6-4-19(5-7-20)28-21-8-9-22(31-24(21)26-15-27-31)18-10-11-25-23(32)12-18/h4-12,15-17,28H,13-14H2,1-3H3,(H,25,32)/t16-,17+/m1/s1. The first-order chi connectivity index (χ1) is 15.5. The Morgan fingerprint density at radius 1 is 1.03 bits per heavy atom. The van der Waals surface area contributed by atoms with E-state index in [-0.39, 0.29) is 5.56 Å². The highest BCUT2D eigenvalue weighted by molar-refractivity contribution is 5.77. The van der Waals surface area contributed by atoms with Gasteiger partial charge in [0.15, 0.2) is 5.65 Å². The van der Waals surface area contributed by atoms with Crippen LogP contribution in [-0.2, 0) is 0 Å². The summed E-state index contributed by atoms with van der Waals surface area (Å²) in [4.78, 5) is 23.7. The molecule has 1 aromatic carbocycles. The number of H-pyrrole nitrogens is 1. The lowest BCUT2D eigenvalue weighted by molar-refractivity contribution is 0.206. The normalized spacial score (nSPS) is 19.4. The van der Waals surface area contributed by atoms with Crippen molar-refractivity contribution in [2.75, 3.05) is 30.4 Å². The number of benzene rings is 1. The van der Waals surface area contributed by atoms with Gasteiger partial charge in [-0.1, -0.05) is 0 Å². The molecule has 164 valence electrons. The van der Waals surface area contributed by atoms with E-state index >= 15 is 0 Å². The van der Waals surface area contributed by atoms with Gasteiger partial charge in [-0.15, -0.1) is 0 Å². The lowest BCUT2D eigenvalue weighted by Crippen LogP contribution is -2.55. The zero-order chi connectivity index (χ0) is 22.2. The van der Waals surface area contributed by atoms with Crippen molar-refractivity contribution in [3.05, 3.63) is 71.4 Å².